The number of hydrogen-bond acceptors (Lipinski definition) is 3. The second kappa shape index (κ2) is 7.16. The number of benzene rings is 1. The number of nitrogens with zero attached hydrogens (tertiary/aromatic N) is 1. The highest BCUT2D eigenvalue weighted by Crippen LogP contribution is 2.20. The lowest BCUT2D eigenvalue weighted by Gasteiger charge is -2.20. The molecule has 0 spiro atoms. The van der Waals surface area contributed by atoms with Crippen LogP contribution in [0.5, 0.6) is 0 Å². The molecule has 5 heteroatoms. The number of hydrogen-bond donors (Lipinski definition) is 1. The molecular weight excluding hydrogens is 304 g/mol. The van der Waals surface area contributed by atoms with Gasteiger partial charge in [0.05, 0.1) is 5.92 Å². The molecule has 3 rings (SSSR count). The van der Waals surface area contributed by atoms with E-state index in [1.54, 1.807) is 0 Å². The molecule has 3 amide bonds. The van der Waals surface area contributed by atoms with Gasteiger partial charge in [0, 0.05) is 25.1 Å². The third-order valence-electron chi connectivity index (χ3n) is 5.05. The molecule has 2 heterocycles. The summed E-state index contributed by atoms with van der Waals surface area (Å²) in [5, 5.41) is 2.33. The number of carbonyl (C=O) groups is 3. The maximum Gasteiger partial charge on any atom is 0.253 e. The Bertz CT molecular complexity index is 639. The Labute approximate surface area is 142 Å². The van der Waals surface area contributed by atoms with Crippen LogP contribution in [0.3, 0.4) is 0 Å². The number of carbonyl (C=O) groups excluding carboxylic acids is 3. The van der Waals surface area contributed by atoms with Crippen LogP contribution >= 0.6 is 0 Å². The molecule has 2 aliphatic rings. The molecule has 0 aromatic heterocycles. The summed E-state index contributed by atoms with van der Waals surface area (Å²) in [6.45, 7) is 3.90. The van der Waals surface area contributed by atoms with E-state index >= 15 is 0 Å². The average Bonchev–Trinajstić information content (AvgIpc) is 2.74. The fourth-order valence-corrected chi connectivity index (χ4v) is 3.49. The van der Waals surface area contributed by atoms with Crippen molar-refractivity contribution in [1.82, 2.24) is 10.2 Å². The van der Waals surface area contributed by atoms with Gasteiger partial charge in [-0.25, -0.2) is 0 Å². The number of rotatable bonds is 3. The summed E-state index contributed by atoms with van der Waals surface area (Å²) in [7, 11) is 0. The summed E-state index contributed by atoms with van der Waals surface area (Å²) in [6.07, 6.45) is 4.11. The van der Waals surface area contributed by atoms with Gasteiger partial charge < -0.3 is 4.90 Å². The van der Waals surface area contributed by atoms with Crippen LogP contribution in [0.25, 0.3) is 0 Å². The van der Waals surface area contributed by atoms with Crippen molar-refractivity contribution in [2.45, 2.75) is 39.0 Å². The minimum Gasteiger partial charge on any atom is -0.339 e. The van der Waals surface area contributed by atoms with Gasteiger partial charge >= 0.3 is 0 Å². The standard InChI is InChI=1S/C19H24N2O3/c1-13-3-2-9-21(10-8-13)19(24)15-6-4-14(5-7-15)11-16-12-17(22)20-18(16)23/h4-7,13,16H,2-3,8-12H2,1H3,(H,20,22,23)/t13-,16+/m1/s1. The van der Waals surface area contributed by atoms with Crippen LogP contribution in [0.1, 0.15) is 48.5 Å². The first kappa shape index (κ1) is 16.7. The van der Waals surface area contributed by atoms with Crippen LogP contribution in [0, 0.1) is 11.8 Å². The molecule has 0 bridgehead atoms. The molecule has 0 aliphatic carbocycles. The predicted octanol–water partition coefficient (Wildman–Crippen LogP) is 2.15. The third kappa shape index (κ3) is 3.83. The quantitative estimate of drug-likeness (QED) is 0.865. The molecule has 5 nitrogen and oxygen atoms in total. The van der Waals surface area contributed by atoms with Gasteiger partial charge in [-0.15, -0.1) is 0 Å². The van der Waals surface area contributed by atoms with Gasteiger partial charge in [-0.3, -0.25) is 19.7 Å². The third-order valence-corrected chi connectivity index (χ3v) is 5.05. The van der Waals surface area contributed by atoms with Crippen molar-refractivity contribution in [3.05, 3.63) is 35.4 Å². The van der Waals surface area contributed by atoms with Gasteiger partial charge in [0.15, 0.2) is 0 Å². The van der Waals surface area contributed by atoms with E-state index in [-0.39, 0.29) is 30.1 Å². The van der Waals surface area contributed by atoms with Crippen molar-refractivity contribution < 1.29 is 14.4 Å². The summed E-state index contributed by atoms with van der Waals surface area (Å²) >= 11 is 0. The highest BCUT2D eigenvalue weighted by atomic mass is 16.2. The van der Waals surface area contributed by atoms with E-state index in [9.17, 15) is 14.4 Å². The van der Waals surface area contributed by atoms with Crippen LogP contribution in [-0.4, -0.2) is 35.7 Å². The maximum absolute atomic E-state index is 12.6. The van der Waals surface area contributed by atoms with E-state index < -0.39 is 0 Å². The summed E-state index contributed by atoms with van der Waals surface area (Å²) < 4.78 is 0. The van der Waals surface area contributed by atoms with Crippen LogP contribution in [0.4, 0.5) is 0 Å². The summed E-state index contributed by atoms with van der Waals surface area (Å²) in [5.41, 5.74) is 1.67. The van der Waals surface area contributed by atoms with Gasteiger partial charge in [-0.2, -0.15) is 0 Å². The van der Waals surface area contributed by atoms with Gasteiger partial charge in [0.2, 0.25) is 11.8 Å². The van der Waals surface area contributed by atoms with Crippen molar-refractivity contribution in [2.24, 2.45) is 11.8 Å². The van der Waals surface area contributed by atoms with Crippen molar-refractivity contribution in [3.63, 3.8) is 0 Å². The lowest BCUT2D eigenvalue weighted by atomic mass is 9.97. The first-order valence-electron chi connectivity index (χ1n) is 8.75. The van der Waals surface area contributed by atoms with E-state index in [1.807, 2.05) is 29.2 Å². The maximum atomic E-state index is 12.6. The Morgan fingerprint density at radius 3 is 2.58 bits per heavy atom. The summed E-state index contributed by atoms with van der Waals surface area (Å²) in [6, 6.07) is 7.45. The molecule has 1 aromatic carbocycles. The lowest BCUT2D eigenvalue weighted by molar-refractivity contribution is -0.125. The van der Waals surface area contributed by atoms with E-state index in [2.05, 4.69) is 12.2 Å². The Balaban J connectivity index is 1.62. The normalized spacial score (nSPS) is 24.6. The minimum absolute atomic E-state index is 0.0874. The Morgan fingerprint density at radius 2 is 1.92 bits per heavy atom. The Kier molecular flexibility index (Phi) is 4.97. The molecule has 2 fully saturated rings. The molecule has 1 aromatic rings. The number of likely N-dealkylation sites (tertiary alicyclic amines) is 1. The largest absolute Gasteiger partial charge is 0.339 e. The van der Waals surface area contributed by atoms with E-state index in [0.717, 1.165) is 31.5 Å². The van der Waals surface area contributed by atoms with Crippen LogP contribution in [-0.2, 0) is 16.0 Å². The molecule has 128 valence electrons. The summed E-state index contributed by atoms with van der Waals surface area (Å²) in [5.74, 6) is 0.0899. The highest BCUT2D eigenvalue weighted by Gasteiger charge is 2.30. The van der Waals surface area contributed by atoms with Crippen LogP contribution < -0.4 is 5.32 Å². The molecule has 0 radical (unpaired) electrons. The fourth-order valence-electron chi connectivity index (χ4n) is 3.49. The first-order valence-corrected chi connectivity index (χ1v) is 8.75. The predicted molar refractivity (Wildman–Crippen MR) is 90.3 cm³/mol. The van der Waals surface area contributed by atoms with Gasteiger partial charge in [-0.05, 0) is 49.3 Å². The fraction of sp³-hybridized carbons (Fsp3) is 0.526. The van der Waals surface area contributed by atoms with Crippen molar-refractivity contribution in [1.29, 1.82) is 0 Å². The van der Waals surface area contributed by atoms with E-state index in [1.165, 1.54) is 6.42 Å². The second-order valence-electron chi connectivity index (χ2n) is 7.04. The minimum atomic E-state index is -0.286. The Morgan fingerprint density at radius 1 is 1.17 bits per heavy atom. The monoisotopic (exact) mass is 328 g/mol. The van der Waals surface area contributed by atoms with Crippen molar-refractivity contribution >= 4 is 17.7 Å². The molecule has 2 saturated heterocycles. The molecule has 0 saturated carbocycles. The Hall–Kier alpha value is -2.17. The highest BCUT2D eigenvalue weighted by molar-refractivity contribution is 6.03. The van der Waals surface area contributed by atoms with Crippen molar-refractivity contribution in [2.75, 3.05) is 13.1 Å². The zero-order chi connectivity index (χ0) is 17.1. The van der Waals surface area contributed by atoms with E-state index in [0.29, 0.717) is 17.9 Å². The molecule has 24 heavy (non-hydrogen) atoms. The molecule has 2 atom stereocenters. The zero-order valence-electron chi connectivity index (χ0n) is 14.1. The SMILES string of the molecule is C[C@@H]1CCCN(C(=O)c2ccc(C[C@H]3CC(=O)NC3=O)cc2)CC1. The lowest BCUT2D eigenvalue weighted by Crippen LogP contribution is -2.32. The van der Waals surface area contributed by atoms with Crippen molar-refractivity contribution in [3.8, 4) is 0 Å². The number of amides is 3. The topological polar surface area (TPSA) is 66.5 Å². The molecule has 0 unspecified atom stereocenters. The van der Waals surface area contributed by atoms with Gasteiger partial charge in [0.1, 0.15) is 0 Å². The van der Waals surface area contributed by atoms with Crippen LogP contribution in [0.2, 0.25) is 0 Å². The molecule has 1 N–H and O–H groups in total. The smallest absolute Gasteiger partial charge is 0.253 e. The molecular formula is C19H24N2O3. The number of nitrogens with one attached hydrogen (secondary N) is 1. The van der Waals surface area contributed by atoms with Crippen LogP contribution in [0.15, 0.2) is 24.3 Å². The first-order chi connectivity index (χ1) is 11.5. The van der Waals surface area contributed by atoms with Gasteiger partial charge in [-0.1, -0.05) is 19.1 Å². The zero-order valence-corrected chi connectivity index (χ0v) is 14.1. The molecule has 2 aliphatic heterocycles. The van der Waals surface area contributed by atoms with Gasteiger partial charge in [0.25, 0.3) is 5.91 Å². The number of imide groups is 1. The summed E-state index contributed by atoms with van der Waals surface area (Å²) in [4.78, 5) is 37.5. The average molecular weight is 328 g/mol. The second-order valence-corrected chi connectivity index (χ2v) is 7.04. The van der Waals surface area contributed by atoms with E-state index in [4.69, 9.17) is 0 Å².